The van der Waals surface area contributed by atoms with Crippen LogP contribution in [0.4, 0.5) is 0 Å². The van der Waals surface area contributed by atoms with Crippen molar-refractivity contribution in [3.63, 3.8) is 0 Å². The summed E-state index contributed by atoms with van der Waals surface area (Å²) in [5.74, 6) is -0.302. The van der Waals surface area contributed by atoms with Gasteiger partial charge >= 0.3 is 0 Å². The molecule has 1 aromatic rings. The van der Waals surface area contributed by atoms with Gasteiger partial charge in [-0.15, -0.1) is 0 Å². The zero-order valence-electron chi connectivity index (χ0n) is 9.97. The Kier molecular flexibility index (Phi) is 5.89. The molecule has 0 aromatic carbocycles. The predicted molar refractivity (Wildman–Crippen MR) is 61.3 cm³/mol. The fourth-order valence-corrected chi connectivity index (χ4v) is 1.11. The number of hydrogen-bond donors (Lipinski definition) is 2. The Balaban J connectivity index is 2.43. The summed E-state index contributed by atoms with van der Waals surface area (Å²) < 4.78 is 14.6. The van der Waals surface area contributed by atoms with E-state index in [1.54, 1.807) is 0 Å². The summed E-state index contributed by atoms with van der Waals surface area (Å²) in [7, 11) is 1.52. The number of aliphatic hydroxyl groups is 1. The Morgan fingerprint density at radius 1 is 1.56 bits per heavy atom. The molecular formula is C11H15NO6. The van der Waals surface area contributed by atoms with Crippen LogP contribution in [0.5, 0.6) is 5.75 Å². The molecule has 1 amide bonds. The van der Waals surface area contributed by atoms with Crippen molar-refractivity contribution in [3.05, 3.63) is 28.3 Å². The van der Waals surface area contributed by atoms with Gasteiger partial charge in [0.05, 0.1) is 6.61 Å². The lowest BCUT2D eigenvalue weighted by Crippen LogP contribution is -2.32. The zero-order chi connectivity index (χ0) is 13.4. The van der Waals surface area contributed by atoms with E-state index in [0.717, 1.165) is 12.3 Å². The summed E-state index contributed by atoms with van der Waals surface area (Å²) in [6.45, 7) is 0.121. The molecule has 0 spiro atoms. The molecular weight excluding hydrogens is 242 g/mol. The van der Waals surface area contributed by atoms with Gasteiger partial charge in [-0.1, -0.05) is 0 Å². The number of carbonyl (C=O) groups excluding carboxylic acids is 1. The van der Waals surface area contributed by atoms with Gasteiger partial charge in [-0.05, 0) is 0 Å². The molecule has 0 aliphatic rings. The molecule has 7 heteroatoms. The largest absolute Gasteiger partial charge is 0.477 e. The molecule has 0 radical (unpaired) electrons. The highest BCUT2D eigenvalue weighted by Crippen LogP contribution is 2.05. The molecule has 0 aliphatic carbocycles. The fraction of sp³-hybridized carbons (Fsp3) is 0.455. The maximum absolute atomic E-state index is 11.4. The van der Waals surface area contributed by atoms with Crippen molar-refractivity contribution in [2.75, 3.05) is 26.9 Å². The Morgan fingerprint density at radius 2 is 2.33 bits per heavy atom. The Morgan fingerprint density at radius 3 is 2.94 bits per heavy atom. The molecule has 0 saturated carbocycles. The van der Waals surface area contributed by atoms with Gasteiger partial charge < -0.3 is 24.3 Å². The van der Waals surface area contributed by atoms with Crippen LogP contribution in [-0.4, -0.2) is 37.9 Å². The summed E-state index contributed by atoms with van der Waals surface area (Å²) in [6.07, 6.45) is 1.07. The second-order valence-electron chi connectivity index (χ2n) is 3.36. The highest BCUT2D eigenvalue weighted by atomic mass is 16.5. The standard InChI is InChI=1S/C11H15NO6/c1-16-3-2-12-11(15)7-18-10-6-17-8(5-13)4-9(10)14/h4,6,13H,2-3,5,7H2,1H3,(H,12,15). The SMILES string of the molecule is COCCNC(=O)COc1coc(CO)cc1=O. The van der Waals surface area contributed by atoms with Gasteiger partial charge in [-0.2, -0.15) is 0 Å². The van der Waals surface area contributed by atoms with Crippen molar-refractivity contribution in [1.29, 1.82) is 0 Å². The van der Waals surface area contributed by atoms with Crippen molar-refractivity contribution in [3.8, 4) is 5.75 Å². The molecule has 18 heavy (non-hydrogen) atoms. The maximum Gasteiger partial charge on any atom is 0.258 e. The minimum Gasteiger partial charge on any atom is -0.477 e. The number of methoxy groups -OCH3 is 1. The minimum absolute atomic E-state index is 0.0749. The van der Waals surface area contributed by atoms with Crippen LogP contribution in [0, 0.1) is 0 Å². The fourth-order valence-electron chi connectivity index (χ4n) is 1.11. The van der Waals surface area contributed by atoms with Gasteiger partial charge in [0.1, 0.15) is 18.6 Å². The highest BCUT2D eigenvalue weighted by Gasteiger charge is 2.07. The van der Waals surface area contributed by atoms with E-state index in [1.807, 2.05) is 0 Å². The van der Waals surface area contributed by atoms with Crippen LogP contribution in [-0.2, 0) is 16.1 Å². The van der Waals surface area contributed by atoms with Crippen LogP contribution in [0.2, 0.25) is 0 Å². The lowest BCUT2D eigenvalue weighted by atomic mass is 10.4. The summed E-state index contributed by atoms with van der Waals surface area (Å²) in [5, 5.41) is 11.3. The van der Waals surface area contributed by atoms with Gasteiger partial charge in [0.2, 0.25) is 11.2 Å². The minimum atomic E-state index is -0.449. The van der Waals surface area contributed by atoms with Gasteiger partial charge in [0, 0.05) is 19.7 Å². The maximum atomic E-state index is 11.4. The van der Waals surface area contributed by atoms with Crippen molar-refractivity contribution in [2.24, 2.45) is 0 Å². The van der Waals surface area contributed by atoms with Crippen LogP contribution in [0.25, 0.3) is 0 Å². The van der Waals surface area contributed by atoms with E-state index in [-0.39, 0.29) is 30.6 Å². The third kappa shape index (κ3) is 4.56. The normalized spacial score (nSPS) is 10.1. The van der Waals surface area contributed by atoms with E-state index in [2.05, 4.69) is 5.32 Å². The van der Waals surface area contributed by atoms with Crippen molar-refractivity contribution >= 4 is 5.91 Å². The first-order valence-electron chi connectivity index (χ1n) is 5.28. The molecule has 7 nitrogen and oxygen atoms in total. The Labute approximate surface area is 103 Å². The molecule has 0 unspecified atom stereocenters. The smallest absolute Gasteiger partial charge is 0.258 e. The second kappa shape index (κ2) is 7.46. The molecule has 1 aromatic heterocycles. The van der Waals surface area contributed by atoms with Gasteiger partial charge in [-0.3, -0.25) is 9.59 Å². The average Bonchev–Trinajstić information content (AvgIpc) is 2.37. The number of hydrogen-bond acceptors (Lipinski definition) is 6. The lowest BCUT2D eigenvalue weighted by molar-refractivity contribution is -0.123. The third-order valence-corrected chi connectivity index (χ3v) is 2.00. The summed E-state index contributed by atoms with van der Waals surface area (Å²) in [5.41, 5.74) is -0.449. The van der Waals surface area contributed by atoms with Crippen LogP contribution >= 0.6 is 0 Å². The van der Waals surface area contributed by atoms with Crippen molar-refractivity contribution in [1.82, 2.24) is 5.32 Å². The summed E-state index contributed by atoms with van der Waals surface area (Å²) in [6, 6.07) is 1.11. The number of rotatable bonds is 7. The first-order valence-corrected chi connectivity index (χ1v) is 5.28. The lowest BCUT2D eigenvalue weighted by Gasteiger charge is -2.06. The molecule has 100 valence electrons. The van der Waals surface area contributed by atoms with Crippen LogP contribution < -0.4 is 15.5 Å². The number of ether oxygens (including phenoxy) is 2. The number of carbonyl (C=O) groups is 1. The van der Waals surface area contributed by atoms with E-state index in [0.29, 0.717) is 13.2 Å². The van der Waals surface area contributed by atoms with Gasteiger partial charge in [0.25, 0.3) is 5.91 Å². The second-order valence-corrected chi connectivity index (χ2v) is 3.36. The monoisotopic (exact) mass is 257 g/mol. The zero-order valence-corrected chi connectivity index (χ0v) is 9.97. The highest BCUT2D eigenvalue weighted by molar-refractivity contribution is 5.77. The van der Waals surface area contributed by atoms with E-state index in [1.165, 1.54) is 7.11 Å². The van der Waals surface area contributed by atoms with Crippen molar-refractivity contribution in [2.45, 2.75) is 6.61 Å². The van der Waals surface area contributed by atoms with Gasteiger partial charge in [-0.25, -0.2) is 0 Å². The molecule has 1 heterocycles. The van der Waals surface area contributed by atoms with E-state index < -0.39 is 5.43 Å². The van der Waals surface area contributed by atoms with E-state index in [4.69, 9.17) is 19.0 Å². The first-order chi connectivity index (χ1) is 8.67. The number of amides is 1. The summed E-state index contributed by atoms with van der Waals surface area (Å²) in [4.78, 5) is 22.7. The van der Waals surface area contributed by atoms with Crippen LogP contribution in [0.15, 0.2) is 21.5 Å². The number of nitrogens with one attached hydrogen (secondary N) is 1. The molecule has 0 aliphatic heterocycles. The molecule has 0 bridgehead atoms. The molecule has 1 rings (SSSR count). The summed E-state index contributed by atoms with van der Waals surface area (Å²) >= 11 is 0. The molecule has 0 saturated heterocycles. The number of aliphatic hydroxyl groups excluding tert-OH is 1. The first kappa shape index (κ1) is 14.2. The topological polar surface area (TPSA) is 98.0 Å². The molecule has 0 fully saturated rings. The molecule has 0 atom stereocenters. The predicted octanol–water partition coefficient (Wildman–Crippen LogP) is -0.726. The van der Waals surface area contributed by atoms with Crippen molar-refractivity contribution < 1.29 is 23.8 Å². The van der Waals surface area contributed by atoms with E-state index in [9.17, 15) is 9.59 Å². The quantitative estimate of drug-likeness (QED) is 0.625. The Hall–Kier alpha value is -1.86. The average molecular weight is 257 g/mol. The third-order valence-electron chi connectivity index (χ3n) is 2.00. The molecule has 2 N–H and O–H groups in total. The van der Waals surface area contributed by atoms with E-state index >= 15 is 0 Å². The van der Waals surface area contributed by atoms with Crippen LogP contribution in [0.3, 0.4) is 0 Å². The Bertz CT molecular complexity index is 441. The van der Waals surface area contributed by atoms with Crippen LogP contribution in [0.1, 0.15) is 5.76 Å². The van der Waals surface area contributed by atoms with Gasteiger partial charge in [0.15, 0.2) is 6.61 Å².